The number of carbonyl (C=O) groups excluding carboxylic acids is 1. The molecule has 1 amide bonds. The second kappa shape index (κ2) is 7.09. The standard InChI is InChI=1S/C14H16N2O3S/c17-13(18)4-2-10-1-3-12(15-9-10)14(19)16-11-5-7-20-8-6-11/h1-4,9,11H,5-8H2,(H,16,19)(H,17,18)/b4-2+. The lowest BCUT2D eigenvalue weighted by Gasteiger charge is -2.22. The number of aliphatic carboxylic acids is 1. The van der Waals surface area contributed by atoms with Crippen molar-refractivity contribution in [2.24, 2.45) is 0 Å². The topological polar surface area (TPSA) is 79.3 Å². The van der Waals surface area contributed by atoms with Gasteiger partial charge in [-0.05, 0) is 42.1 Å². The summed E-state index contributed by atoms with van der Waals surface area (Å²) in [6.07, 6.45) is 5.96. The van der Waals surface area contributed by atoms with Gasteiger partial charge in [-0.25, -0.2) is 4.79 Å². The summed E-state index contributed by atoms with van der Waals surface area (Å²) in [5.41, 5.74) is 1.01. The van der Waals surface area contributed by atoms with Crippen molar-refractivity contribution < 1.29 is 14.7 Å². The second-order valence-corrected chi connectivity index (χ2v) is 5.73. The maximum Gasteiger partial charge on any atom is 0.328 e. The smallest absolute Gasteiger partial charge is 0.328 e. The van der Waals surface area contributed by atoms with Gasteiger partial charge in [0.25, 0.3) is 5.91 Å². The normalized spacial score (nSPS) is 16.2. The number of amides is 1. The molecule has 1 aliphatic rings. The van der Waals surface area contributed by atoms with Crippen LogP contribution in [0.4, 0.5) is 0 Å². The lowest BCUT2D eigenvalue weighted by molar-refractivity contribution is -0.131. The van der Waals surface area contributed by atoms with Crippen molar-refractivity contribution in [3.8, 4) is 0 Å². The fraction of sp³-hybridized carbons (Fsp3) is 0.357. The number of carboxylic acid groups (broad SMARTS) is 1. The fourth-order valence-corrected chi connectivity index (χ4v) is 3.01. The number of pyridine rings is 1. The van der Waals surface area contributed by atoms with E-state index < -0.39 is 5.97 Å². The summed E-state index contributed by atoms with van der Waals surface area (Å²) in [7, 11) is 0. The fourth-order valence-electron chi connectivity index (χ4n) is 1.91. The number of nitrogens with one attached hydrogen (secondary N) is 1. The quantitative estimate of drug-likeness (QED) is 0.827. The molecule has 0 bridgehead atoms. The van der Waals surface area contributed by atoms with E-state index >= 15 is 0 Å². The summed E-state index contributed by atoms with van der Waals surface area (Å²) < 4.78 is 0. The van der Waals surface area contributed by atoms with Gasteiger partial charge in [0.05, 0.1) is 0 Å². The van der Waals surface area contributed by atoms with E-state index in [1.807, 2.05) is 11.8 Å². The number of carbonyl (C=O) groups is 2. The average Bonchev–Trinajstić information content (AvgIpc) is 2.46. The van der Waals surface area contributed by atoms with Gasteiger partial charge in [-0.15, -0.1) is 0 Å². The van der Waals surface area contributed by atoms with Gasteiger partial charge in [-0.3, -0.25) is 9.78 Å². The molecule has 1 aromatic heterocycles. The highest BCUT2D eigenvalue weighted by atomic mass is 32.2. The maximum absolute atomic E-state index is 12.0. The zero-order valence-electron chi connectivity index (χ0n) is 10.9. The molecule has 1 fully saturated rings. The van der Waals surface area contributed by atoms with Gasteiger partial charge in [0.15, 0.2) is 0 Å². The van der Waals surface area contributed by atoms with E-state index in [2.05, 4.69) is 10.3 Å². The van der Waals surface area contributed by atoms with Crippen LogP contribution in [0, 0.1) is 0 Å². The molecule has 0 unspecified atom stereocenters. The Kier molecular flexibility index (Phi) is 5.17. The van der Waals surface area contributed by atoms with Crippen molar-refractivity contribution in [3.63, 3.8) is 0 Å². The Labute approximate surface area is 121 Å². The van der Waals surface area contributed by atoms with Crippen LogP contribution in [0.15, 0.2) is 24.4 Å². The molecule has 1 aliphatic heterocycles. The van der Waals surface area contributed by atoms with Crippen molar-refractivity contribution in [2.45, 2.75) is 18.9 Å². The van der Waals surface area contributed by atoms with Crippen LogP contribution in [-0.4, -0.2) is 39.5 Å². The van der Waals surface area contributed by atoms with E-state index in [9.17, 15) is 9.59 Å². The predicted molar refractivity (Wildman–Crippen MR) is 78.7 cm³/mol. The Morgan fingerprint density at radius 1 is 1.35 bits per heavy atom. The molecule has 0 aliphatic carbocycles. The van der Waals surface area contributed by atoms with Crippen LogP contribution in [-0.2, 0) is 4.79 Å². The van der Waals surface area contributed by atoms with Crippen LogP contribution < -0.4 is 5.32 Å². The zero-order valence-corrected chi connectivity index (χ0v) is 11.7. The number of rotatable bonds is 4. The Morgan fingerprint density at radius 3 is 2.70 bits per heavy atom. The molecule has 0 radical (unpaired) electrons. The molecule has 2 heterocycles. The van der Waals surface area contributed by atoms with Crippen LogP contribution in [0.1, 0.15) is 28.9 Å². The minimum absolute atomic E-state index is 0.171. The molecule has 1 aromatic rings. The first-order valence-corrected chi connectivity index (χ1v) is 7.56. The predicted octanol–water partition coefficient (Wildman–Crippen LogP) is 1.80. The van der Waals surface area contributed by atoms with E-state index in [1.165, 1.54) is 12.3 Å². The number of hydrogen-bond donors (Lipinski definition) is 2. The average molecular weight is 292 g/mol. The number of hydrogen-bond acceptors (Lipinski definition) is 4. The molecule has 0 spiro atoms. The maximum atomic E-state index is 12.0. The molecular formula is C14H16N2O3S. The van der Waals surface area contributed by atoms with Gasteiger partial charge < -0.3 is 10.4 Å². The second-order valence-electron chi connectivity index (χ2n) is 4.51. The highest BCUT2D eigenvalue weighted by molar-refractivity contribution is 7.99. The Balaban J connectivity index is 1.94. The van der Waals surface area contributed by atoms with Gasteiger partial charge in [0.2, 0.25) is 0 Å². The van der Waals surface area contributed by atoms with Crippen LogP contribution in [0.2, 0.25) is 0 Å². The van der Waals surface area contributed by atoms with Crippen molar-refractivity contribution >= 4 is 29.7 Å². The lowest BCUT2D eigenvalue weighted by atomic mass is 10.1. The highest BCUT2D eigenvalue weighted by Crippen LogP contribution is 2.17. The van der Waals surface area contributed by atoms with E-state index in [4.69, 9.17) is 5.11 Å². The molecule has 0 aromatic carbocycles. The van der Waals surface area contributed by atoms with Crippen LogP contribution in [0.5, 0.6) is 0 Å². The first kappa shape index (κ1) is 14.6. The first-order valence-electron chi connectivity index (χ1n) is 6.41. The Morgan fingerprint density at radius 2 is 2.10 bits per heavy atom. The first-order chi connectivity index (χ1) is 9.65. The summed E-state index contributed by atoms with van der Waals surface area (Å²) in [4.78, 5) is 26.5. The number of thioether (sulfide) groups is 1. The third-order valence-corrected chi connectivity index (χ3v) is 4.04. The SMILES string of the molecule is O=C(O)/C=C/c1ccc(C(=O)NC2CCSCC2)nc1. The van der Waals surface area contributed by atoms with E-state index in [0.717, 1.165) is 30.4 Å². The molecule has 2 N–H and O–H groups in total. The summed E-state index contributed by atoms with van der Waals surface area (Å²) in [6, 6.07) is 3.52. The van der Waals surface area contributed by atoms with Gasteiger partial charge in [0, 0.05) is 18.3 Å². The minimum Gasteiger partial charge on any atom is -0.478 e. The van der Waals surface area contributed by atoms with Crippen LogP contribution >= 0.6 is 11.8 Å². The van der Waals surface area contributed by atoms with Crippen molar-refractivity contribution in [3.05, 3.63) is 35.7 Å². The molecule has 5 nitrogen and oxygen atoms in total. The van der Waals surface area contributed by atoms with Gasteiger partial charge in [-0.1, -0.05) is 6.07 Å². The molecule has 6 heteroatoms. The van der Waals surface area contributed by atoms with Crippen molar-refractivity contribution in [1.29, 1.82) is 0 Å². The highest BCUT2D eigenvalue weighted by Gasteiger charge is 2.17. The summed E-state index contributed by atoms with van der Waals surface area (Å²) in [6.45, 7) is 0. The Bertz CT molecular complexity index is 508. The van der Waals surface area contributed by atoms with Crippen molar-refractivity contribution in [2.75, 3.05) is 11.5 Å². The lowest BCUT2D eigenvalue weighted by Crippen LogP contribution is -2.37. The summed E-state index contributed by atoms with van der Waals surface area (Å²) in [5.74, 6) is 0.979. The Hall–Kier alpha value is -1.82. The van der Waals surface area contributed by atoms with Crippen LogP contribution in [0.25, 0.3) is 6.08 Å². The molecule has 2 rings (SSSR count). The molecule has 20 heavy (non-hydrogen) atoms. The molecule has 0 atom stereocenters. The van der Waals surface area contributed by atoms with Gasteiger partial charge >= 0.3 is 5.97 Å². The van der Waals surface area contributed by atoms with Crippen molar-refractivity contribution in [1.82, 2.24) is 10.3 Å². The van der Waals surface area contributed by atoms with Gasteiger partial charge in [0.1, 0.15) is 5.69 Å². The number of nitrogens with zero attached hydrogens (tertiary/aromatic N) is 1. The molecule has 106 valence electrons. The number of aromatic nitrogens is 1. The minimum atomic E-state index is -1.01. The third-order valence-electron chi connectivity index (χ3n) is 2.99. The van der Waals surface area contributed by atoms with Gasteiger partial charge in [-0.2, -0.15) is 11.8 Å². The largest absolute Gasteiger partial charge is 0.478 e. The summed E-state index contributed by atoms with van der Waals surface area (Å²) >= 11 is 1.91. The monoisotopic (exact) mass is 292 g/mol. The zero-order chi connectivity index (χ0) is 14.4. The van der Waals surface area contributed by atoms with E-state index in [-0.39, 0.29) is 11.9 Å². The summed E-state index contributed by atoms with van der Waals surface area (Å²) in [5, 5.41) is 11.5. The number of carboxylic acids is 1. The molecular weight excluding hydrogens is 276 g/mol. The van der Waals surface area contributed by atoms with Crippen LogP contribution in [0.3, 0.4) is 0 Å². The third kappa shape index (κ3) is 4.38. The van der Waals surface area contributed by atoms with E-state index in [0.29, 0.717) is 11.3 Å². The molecule has 1 saturated heterocycles. The molecule has 0 saturated carbocycles. The van der Waals surface area contributed by atoms with E-state index in [1.54, 1.807) is 12.1 Å².